The summed E-state index contributed by atoms with van der Waals surface area (Å²) in [5.74, 6) is -2.13. The molecular weight excluding hydrogens is 513 g/mol. The van der Waals surface area contributed by atoms with E-state index in [1.165, 1.54) is 55.1 Å². The van der Waals surface area contributed by atoms with E-state index in [0.717, 1.165) is 19.3 Å². The number of hydrogen-bond donors (Lipinski definition) is 1. The molecule has 1 unspecified atom stereocenters. The van der Waals surface area contributed by atoms with Crippen LogP contribution in [-0.4, -0.2) is 34.3 Å². The molecule has 1 fully saturated rings. The number of carboxylic acid groups (broad SMARTS) is 1. The Balaban J connectivity index is 1.77. The molecule has 1 aromatic heterocycles. The standard InChI is InChI=1S/C29H27ClFNO6/c1-16(33)20-10-11-22(30)28(31)27(20)21-14-26(35)32(15-25(21)38-2)23(12-17-4-3-5-17)24(34)13-18-6-8-19(9-7-18)29(36)37/h6-11,14-15,17,23H,3-5,12-13H2,1-2H3,(H,36,37). The van der Waals surface area contributed by atoms with Gasteiger partial charge < -0.3 is 14.4 Å². The van der Waals surface area contributed by atoms with E-state index < -0.39 is 29.2 Å². The van der Waals surface area contributed by atoms with Crippen LogP contribution in [0.4, 0.5) is 4.39 Å². The van der Waals surface area contributed by atoms with Gasteiger partial charge in [-0.25, -0.2) is 9.18 Å². The van der Waals surface area contributed by atoms with Crippen molar-refractivity contribution in [2.75, 3.05) is 7.11 Å². The highest BCUT2D eigenvalue weighted by Crippen LogP contribution is 2.38. The quantitative estimate of drug-likeness (QED) is 0.329. The molecule has 1 N–H and O–H groups in total. The first kappa shape index (κ1) is 27.3. The predicted molar refractivity (Wildman–Crippen MR) is 141 cm³/mol. The number of carboxylic acids is 1. The molecule has 1 aliphatic carbocycles. The summed E-state index contributed by atoms with van der Waals surface area (Å²) in [6.45, 7) is 1.29. The molecular formula is C29H27ClFNO6. The van der Waals surface area contributed by atoms with Crippen molar-refractivity contribution in [1.82, 2.24) is 4.57 Å². The van der Waals surface area contributed by atoms with Crippen LogP contribution in [0, 0.1) is 11.7 Å². The number of Topliss-reactive ketones (excluding diaryl/α,β-unsaturated/α-hetero) is 2. The number of carbonyl (C=O) groups is 3. The fraction of sp³-hybridized carbons (Fsp3) is 0.310. The molecule has 1 saturated carbocycles. The van der Waals surface area contributed by atoms with Crippen molar-refractivity contribution in [3.63, 3.8) is 0 Å². The van der Waals surface area contributed by atoms with Crippen molar-refractivity contribution in [3.05, 3.63) is 86.5 Å². The van der Waals surface area contributed by atoms with E-state index in [-0.39, 0.29) is 51.1 Å². The van der Waals surface area contributed by atoms with Gasteiger partial charge >= 0.3 is 5.97 Å². The molecule has 0 radical (unpaired) electrons. The molecule has 0 bridgehead atoms. The van der Waals surface area contributed by atoms with Gasteiger partial charge in [0.15, 0.2) is 11.6 Å². The zero-order valence-corrected chi connectivity index (χ0v) is 21.8. The molecule has 0 spiro atoms. The monoisotopic (exact) mass is 539 g/mol. The highest BCUT2D eigenvalue weighted by molar-refractivity contribution is 6.31. The number of pyridine rings is 1. The molecule has 2 aromatic carbocycles. The zero-order chi connectivity index (χ0) is 27.6. The maximum atomic E-state index is 15.2. The number of benzene rings is 2. The average Bonchev–Trinajstić information content (AvgIpc) is 2.85. The molecule has 38 heavy (non-hydrogen) atoms. The molecule has 0 aliphatic heterocycles. The predicted octanol–water partition coefficient (Wildman–Crippen LogP) is 5.76. The summed E-state index contributed by atoms with van der Waals surface area (Å²) in [6, 6.07) is 9.07. The Bertz CT molecular complexity index is 1460. The third kappa shape index (κ3) is 5.55. The van der Waals surface area contributed by atoms with Crippen molar-refractivity contribution in [1.29, 1.82) is 0 Å². The highest BCUT2D eigenvalue weighted by Gasteiger charge is 2.30. The van der Waals surface area contributed by atoms with Gasteiger partial charge in [-0.2, -0.15) is 0 Å². The molecule has 0 saturated heterocycles. The van der Waals surface area contributed by atoms with Crippen LogP contribution in [0.3, 0.4) is 0 Å². The molecule has 4 rings (SSSR count). The third-order valence-electron chi connectivity index (χ3n) is 7.08. The average molecular weight is 540 g/mol. The molecule has 1 atom stereocenters. The van der Waals surface area contributed by atoms with Crippen LogP contribution in [0.2, 0.25) is 5.02 Å². The molecule has 7 nitrogen and oxygen atoms in total. The van der Waals surface area contributed by atoms with Gasteiger partial charge in [-0.05, 0) is 49.1 Å². The second kappa shape index (κ2) is 11.3. The lowest BCUT2D eigenvalue weighted by molar-refractivity contribution is -0.122. The second-order valence-corrected chi connectivity index (χ2v) is 9.94. The van der Waals surface area contributed by atoms with Gasteiger partial charge in [0.2, 0.25) is 0 Å². The fourth-order valence-corrected chi connectivity index (χ4v) is 4.92. The third-order valence-corrected chi connectivity index (χ3v) is 7.37. The lowest BCUT2D eigenvalue weighted by Crippen LogP contribution is -2.33. The molecule has 198 valence electrons. The number of rotatable bonds is 10. The summed E-state index contributed by atoms with van der Waals surface area (Å²) in [7, 11) is 1.36. The maximum Gasteiger partial charge on any atom is 0.335 e. The Labute approximate surface area is 223 Å². The van der Waals surface area contributed by atoms with Gasteiger partial charge in [0, 0.05) is 29.2 Å². The number of ether oxygens (including phenoxy) is 1. The molecule has 1 aliphatic rings. The van der Waals surface area contributed by atoms with E-state index >= 15 is 4.39 Å². The van der Waals surface area contributed by atoms with E-state index in [1.807, 2.05) is 0 Å². The Morgan fingerprint density at radius 2 is 1.84 bits per heavy atom. The normalized spacial score (nSPS) is 14.0. The lowest BCUT2D eigenvalue weighted by Gasteiger charge is -2.30. The largest absolute Gasteiger partial charge is 0.495 e. The SMILES string of the molecule is COc1cn(C(CC2CCC2)C(=O)Cc2ccc(C(=O)O)cc2)c(=O)cc1-c1c(C(C)=O)ccc(Cl)c1F. The number of aromatic carboxylic acids is 1. The first-order chi connectivity index (χ1) is 18.1. The van der Waals surface area contributed by atoms with Crippen molar-refractivity contribution in [2.24, 2.45) is 5.92 Å². The van der Waals surface area contributed by atoms with Crippen LogP contribution in [0.25, 0.3) is 11.1 Å². The van der Waals surface area contributed by atoms with Crippen LogP contribution in [-0.2, 0) is 11.2 Å². The summed E-state index contributed by atoms with van der Waals surface area (Å²) in [5, 5.41) is 8.92. The number of nitrogens with zero attached hydrogens (tertiary/aromatic N) is 1. The van der Waals surface area contributed by atoms with Crippen LogP contribution >= 0.6 is 11.6 Å². The van der Waals surface area contributed by atoms with E-state index in [9.17, 15) is 19.2 Å². The smallest absolute Gasteiger partial charge is 0.335 e. The van der Waals surface area contributed by atoms with Crippen molar-refractivity contribution in [3.8, 4) is 16.9 Å². The Kier molecular flexibility index (Phi) is 8.11. The summed E-state index contributed by atoms with van der Waals surface area (Å²) < 4.78 is 22.0. The van der Waals surface area contributed by atoms with Crippen molar-refractivity contribution in [2.45, 2.75) is 45.1 Å². The summed E-state index contributed by atoms with van der Waals surface area (Å²) >= 11 is 6.00. The van der Waals surface area contributed by atoms with Crippen LogP contribution in [0.1, 0.15) is 64.9 Å². The minimum atomic E-state index is -1.06. The van der Waals surface area contributed by atoms with Gasteiger partial charge in [0.25, 0.3) is 5.56 Å². The van der Waals surface area contributed by atoms with E-state index in [2.05, 4.69) is 0 Å². The summed E-state index contributed by atoms with van der Waals surface area (Å²) in [4.78, 5) is 50.3. The van der Waals surface area contributed by atoms with E-state index in [0.29, 0.717) is 12.0 Å². The molecule has 1 heterocycles. The van der Waals surface area contributed by atoms with Gasteiger partial charge in [-0.3, -0.25) is 14.4 Å². The van der Waals surface area contributed by atoms with Crippen LogP contribution in [0.5, 0.6) is 5.75 Å². The van der Waals surface area contributed by atoms with Gasteiger partial charge in [0.05, 0.1) is 29.9 Å². The molecule has 3 aromatic rings. The lowest BCUT2D eigenvalue weighted by atomic mass is 9.79. The number of aromatic nitrogens is 1. The zero-order valence-electron chi connectivity index (χ0n) is 21.0. The van der Waals surface area contributed by atoms with Crippen molar-refractivity contribution < 1.29 is 28.6 Å². The number of carbonyl (C=O) groups excluding carboxylic acids is 2. The summed E-state index contributed by atoms with van der Waals surface area (Å²) in [5.41, 5.74) is 0.177. The number of hydrogen-bond acceptors (Lipinski definition) is 5. The first-order valence-corrected chi connectivity index (χ1v) is 12.6. The van der Waals surface area contributed by atoms with Gasteiger partial charge in [-0.15, -0.1) is 0 Å². The highest BCUT2D eigenvalue weighted by atomic mass is 35.5. The molecule has 0 amide bonds. The first-order valence-electron chi connectivity index (χ1n) is 12.2. The van der Waals surface area contributed by atoms with E-state index in [4.69, 9.17) is 21.4 Å². The topological polar surface area (TPSA) is 103 Å². The minimum Gasteiger partial charge on any atom is -0.495 e. The van der Waals surface area contributed by atoms with E-state index in [1.54, 1.807) is 12.1 Å². The van der Waals surface area contributed by atoms with Crippen molar-refractivity contribution >= 4 is 29.1 Å². The number of methoxy groups -OCH3 is 1. The Hall–Kier alpha value is -3.78. The van der Waals surface area contributed by atoms with Gasteiger partial charge in [-0.1, -0.05) is 43.0 Å². The van der Waals surface area contributed by atoms with Crippen LogP contribution < -0.4 is 10.3 Å². The summed E-state index contributed by atoms with van der Waals surface area (Å²) in [6.07, 6.45) is 4.81. The fourth-order valence-electron chi connectivity index (χ4n) is 4.77. The van der Waals surface area contributed by atoms with Gasteiger partial charge in [0.1, 0.15) is 11.6 Å². The Morgan fingerprint density at radius 3 is 2.39 bits per heavy atom. The maximum absolute atomic E-state index is 15.2. The molecule has 9 heteroatoms. The van der Waals surface area contributed by atoms with Crippen LogP contribution in [0.15, 0.2) is 53.5 Å². The Morgan fingerprint density at radius 1 is 1.16 bits per heavy atom. The number of halogens is 2. The second-order valence-electron chi connectivity index (χ2n) is 9.53. The minimum absolute atomic E-state index is 0.00516. The number of ketones is 2.